The zero-order chi connectivity index (χ0) is 18.2. The van der Waals surface area contributed by atoms with Crippen molar-refractivity contribution >= 4 is 22.5 Å². The van der Waals surface area contributed by atoms with E-state index in [4.69, 9.17) is 5.73 Å². The molecule has 3 heteroatoms. The Morgan fingerprint density at radius 3 is 2.28 bits per heavy atom. The summed E-state index contributed by atoms with van der Waals surface area (Å²) in [5.74, 6) is 0.498. The molecular formula is C22H24N2O. The molecule has 0 aliphatic heterocycles. The molecule has 3 nitrogen and oxygen atoms in total. The van der Waals surface area contributed by atoms with Gasteiger partial charge in [0.1, 0.15) is 5.82 Å². The average molecular weight is 332 g/mol. The molecule has 0 amide bonds. The van der Waals surface area contributed by atoms with E-state index < -0.39 is 5.41 Å². The van der Waals surface area contributed by atoms with Gasteiger partial charge in [-0.25, -0.2) is 4.98 Å². The molecule has 0 spiro atoms. The Balaban J connectivity index is 2.24. The highest BCUT2D eigenvalue weighted by atomic mass is 16.1. The van der Waals surface area contributed by atoms with Gasteiger partial charge in [0.2, 0.25) is 0 Å². The molecule has 1 heterocycles. The number of pyridine rings is 1. The third-order valence-corrected chi connectivity index (χ3v) is 4.48. The normalized spacial score (nSPS) is 11.7. The van der Waals surface area contributed by atoms with E-state index in [9.17, 15) is 4.79 Å². The van der Waals surface area contributed by atoms with Crippen LogP contribution in [-0.4, -0.2) is 10.8 Å². The Morgan fingerprint density at radius 1 is 1.00 bits per heavy atom. The molecule has 0 unspecified atom stereocenters. The zero-order valence-electron chi connectivity index (χ0n) is 15.3. The monoisotopic (exact) mass is 332 g/mol. The Labute approximate surface area is 148 Å². The van der Waals surface area contributed by atoms with Gasteiger partial charge in [0.25, 0.3) is 0 Å². The smallest absolute Gasteiger partial charge is 0.170 e. The third-order valence-electron chi connectivity index (χ3n) is 4.48. The lowest BCUT2D eigenvalue weighted by Gasteiger charge is -2.19. The molecule has 2 N–H and O–H groups in total. The van der Waals surface area contributed by atoms with Crippen molar-refractivity contribution in [2.45, 2.75) is 34.1 Å². The standard InChI is InChI=1S/C22H24N2O/c1-5-14-6-8-15(9-7-14)16-10-11-18(21(25)22(2,3)4)20-17(16)12-13-19(23)24-20/h6-13H,5H2,1-4H3,(H2,23,24). The van der Waals surface area contributed by atoms with Gasteiger partial charge in [-0.05, 0) is 41.3 Å². The second kappa shape index (κ2) is 6.32. The molecule has 0 saturated carbocycles. The van der Waals surface area contributed by atoms with Crippen LogP contribution in [0.4, 0.5) is 5.82 Å². The Morgan fingerprint density at radius 2 is 1.68 bits per heavy atom. The molecule has 0 saturated heterocycles. The lowest BCUT2D eigenvalue weighted by molar-refractivity contribution is 0.0860. The topological polar surface area (TPSA) is 56.0 Å². The van der Waals surface area contributed by atoms with Gasteiger partial charge in [0.05, 0.1) is 5.52 Å². The van der Waals surface area contributed by atoms with Gasteiger partial charge < -0.3 is 5.73 Å². The molecule has 25 heavy (non-hydrogen) atoms. The first-order valence-corrected chi connectivity index (χ1v) is 8.64. The maximum absolute atomic E-state index is 12.8. The first kappa shape index (κ1) is 17.2. The quantitative estimate of drug-likeness (QED) is 0.664. The van der Waals surface area contributed by atoms with Crippen molar-refractivity contribution in [2.24, 2.45) is 5.41 Å². The number of hydrogen-bond acceptors (Lipinski definition) is 3. The van der Waals surface area contributed by atoms with Gasteiger partial charge in [0.15, 0.2) is 5.78 Å². The van der Waals surface area contributed by atoms with Crippen LogP contribution in [0.1, 0.15) is 43.6 Å². The second-order valence-corrected chi connectivity index (χ2v) is 7.42. The molecule has 3 aromatic rings. The molecule has 128 valence electrons. The van der Waals surface area contributed by atoms with E-state index in [1.165, 1.54) is 5.56 Å². The summed E-state index contributed by atoms with van der Waals surface area (Å²) in [5.41, 5.74) is 10.2. The highest BCUT2D eigenvalue weighted by molar-refractivity contribution is 6.12. The first-order chi connectivity index (χ1) is 11.8. The number of benzene rings is 2. The number of aromatic nitrogens is 1. The molecule has 3 rings (SSSR count). The SMILES string of the molecule is CCc1ccc(-c2ccc(C(=O)C(C)(C)C)c3nc(N)ccc23)cc1. The maximum Gasteiger partial charge on any atom is 0.170 e. The maximum atomic E-state index is 12.8. The molecule has 0 radical (unpaired) electrons. The van der Waals surface area contributed by atoms with E-state index in [0.717, 1.165) is 22.9 Å². The number of nitrogen functional groups attached to an aromatic ring is 1. The summed E-state index contributed by atoms with van der Waals surface area (Å²) < 4.78 is 0. The summed E-state index contributed by atoms with van der Waals surface area (Å²) in [7, 11) is 0. The summed E-state index contributed by atoms with van der Waals surface area (Å²) in [4.78, 5) is 17.3. The van der Waals surface area contributed by atoms with Crippen LogP contribution in [0.25, 0.3) is 22.0 Å². The van der Waals surface area contributed by atoms with Crippen molar-refractivity contribution in [1.82, 2.24) is 4.98 Å². The number of rotatable bonds is 3. The van der Waals surface area contributed by atoms with E-state index in [2.05, 4.69) is 36.2 Å². The summed E-state index contributed by atoms with van der Waals surface area (Å²) in [6.45, 7) is 7.91. The van der Waals surface area contributed by atoms with Crippen molar-refractivity contribution < 1.29 is 4.79 Å². The Bertz CT molecular complexity index is 935. The van der Waals surface area contributed by atoms with Crippen molar-refractivity contribution in [2.75, 3.05) is 5.73 Å². The van der Waals surface area contributed by atoms with Crippen LogP contribution in [0, 0.1) is 5.41 Å². The number of carbonyl (C=O) groups excluding carboxylic acids is 1. The van der Waals surface area contributed by atoms with E-state index >= 15 is 0 Å². The van der Waals surface area contributed by atoms with Gasteiger partial charge in [0, 0.05) is 16.4 Å². The number of ketones is 1. The number of aryl methyl sites for hydroxylation is 1. The predicted octanol–water partition coefficient (Wildman–Crippen LogP) is 5.28. The molecule has 0 aliphatic carbocycles. The molecule has 0 bridgehead atoms. The van der Waals surface area contributed by atoms with Crippen molar-refractivity contribution in [3.63, 3.8) is 0 Å². The van der Waals surface area contributed by atoms with Crippen LogP contribution in [-0.2, 0) is 6.42 Å². The number of carbonyl (C=O) groups is 1. The molecular weight excluding hydrogens is 308 g/mol. The number of hydrogen-bond donors (Lipinski definition) is 1. The van der Waals surface area contributed by atoms with E-state index in [1.54, 1.807) is 6.07 Å². The van der Waals surface area contributed by atoms with Crippen molar-refractivity contribution in [3.8, 4) is 11.1 Å². The van der Waals surface area contributed by atoms with E-state index in [0.29, 0.717) is 16.9 Å². The minimum Gasteiger partial charge on any atom is -0.384 e. The number of anilines is 1. The summed E-state index contributed by atoms with van der Waals surface area (Å²) in [5, 5.41) is 0.952. The van der Waals surface area contributed by atoms with Crippen LogP contribution in [0.5, 0.6) is 0 Å². The number of nitrogens with zero attached hydrogens (tertiary/aromatic N) is 1. The van der Waals surface area contributed by atoms with Crippen LogP contribution in [0.15, 0.2) is 48.5 Å². The minimum atomic E-state index is -0.469. The summed E-state index contributed by atoms with van der Waals surface area (Å²) in [6.07, 6.45) is 1.01. The Kier molecular flexibility index (Phi) is 4.34. The van der Waals surface area contributed by atoms with Gasteiger partial charge in [-0.3, -0.25) is 4.79 Å². The lowest BCUT2D eigenvalue weighted by atomic mass is 9.84. The largest absolute Gasteiger partial charge is 0.384 e. The van der Waals surface area contributed by atoms with Gasteiger partial charge in [-0.1, -0.05) is 58.0 Å². The minimum absolute atomic E-state index is 0.0727. The average Bonchev–Trinajstić information content (AvgIpc) is 2.59. The van der Waals surface area contributed by atoms with E-state index in [-0.39, 0.29) is 5.78 Å². The highest BCUT2D eigenvalue weighted by Gasteiger charge is 2.25. The fourth-order valence-corrected chi connectivity index (χ4v) is 2.99. The second-order valence-electron chi connectivity index (χ2n) is 7.42. The molecule has 0 fully saturated rings. The zero-order valence-corrected chi connectivity index (χ0v) is 15.3. The van der Waals surface area contributed by atoms with Crippen LogP contribution in [0.2, 0.25) is 0 Å². The summed E-state index contributed by atoms with van der Waals surface area (Å²) in [6, 6.07) is 16.2. The fourth-order valence-electron chi connectivity index (χ4n) is 2.99. The van der Waals surface area contributed by atoms with Crippen LogP contribution >= 0.6 is 0 Å². The molecule has 0 aliphatic rings. The number of fused-ring (bicyclic) bond motifs is 1. The van der Waals surface area contributed by atoms with Gasteiger partial charge >= 0.3 is 0 Å². The fraction of sp³-hybridized carbons (Fsp3) is 0.273. The van der Waals surface area contributed by atoms with Gasteiger partial charge in [-0.2, -0.15) is 0 Å². The molecule has 2 aromatic carbocycles. The molecule has 0 atom stereocenters. The lowest BCUT2D eigenvalue weighted by Crippen LogP contribution is -2.20. The highest BCUT2D eigenvalue weighted by Crippen LogP contribution is 2.33. The van der Waals surface area contributed by atoms with Crippen molar-refractivity contribution in [1.29, 1.82) is 0 Å². The van der Waals surface area contributed by atoms with Gasteiger partial charge in [-0.15, -0.1) is 0 Å². The Hall–Kier alpha value is -2.68. The van der Waals surface area contributed by atoms with Crippen LogP contribution < -0.4 is 5.73 Å². The number of nitrogens with two attached hydrogens (primary N) is 1. The third kappa shape index (κ3) is 3.27. The molecule has 1 aromatic heterocycles. The summed E-state index contributed by atoms with van der Waals surface area (Å²) >= 11 is 0. The first-order valence-electron chi connectivity index (χ1n) is 8.64. The predicted molar refractivity (Wildman–Crippen MR) is 105 cm³/mol. The van der Waals surface area contributed by atoms with Crippen molar-refractivity contribution in [3.05, 3.63) is 59.7 Å². The van der Waals surface area contributed by atoms with Crippen LogP contribution in [0.3, 0.4) is 0 Å². The number of Topliss-reactive ketones (excluding diaryl/α,β-unsaturated/α-hetero) is 1. The van der Waals surface area contributed by atoms with E-state index in [1.807, 2.05) is 39.0 Å².